The Morgan fingerprint density at radius 3 is 2.60 bits per heavy atom. The van der Waals surface area contributed by atoms with Gasteiger partial charge in [-0.05, 0) is 46.7 Å². The van der Waals surface area contributed by atoms with E-state index in [1.807, 2.05) is 60.8 Å². The highest BCUT2D eigenvalue weighted by atomic mass is 35.5. The molecule has 0 fully saturated rings. The van der Waals surface area contributed by atoms with Gasteiger partial charge in [0.15, 0.2) is 0 Å². The number of rotatable bonds is 6. The zero-order valence-corrected chi connectivity index (χ0v) is 16.9. The van der Waals surface area contributed by atoms with Crippen molar-refractivity contribution in [3.63, 3.8) is 0 Å². The van der Waals surface area contributed by atoms with Gasteiger partial charge in [-0.15, -0.1) is 0 Å². The maximum atomic E-state index is 12.1. The second-order valence-corrected chi connectivity index (χ2v) is 7.39. The van der Waals surface area contributed by atoms with Crippen molar-refractivity contribution < 1.29 is 9.90 Å². The number of benzene rings is 3. The van der Waals surface area contributed by atoms with Crippen LogP contribution in [0.25, 0.3) is 16.5 Å². The Bertz CT molecular complexity index is 1160. The lowest BCUT2D eigenvalue weighted by atomic mass is 10.0. The predicted molar refractivity (Wildman–Crippen MR) is 118 cm³/mol. The number of nitrogens with zero attached hydrogens (tertiary/aromatic N) is 2. The van der Waals surface area contributed by atoms with E-state index >= 15 is 0 Å². The van der Waals surface area contributed by atoms with Crippen molar-refractivity contribution in [1.29, 1.82) is 0 Å². The quantitative estimate of drug-likeness (QED) is 0.437. The van der Waals surface area contributed by atoms with Crippen LogP contribution >= 0.6 is 11.6 Å². The van der Waals surface area contributed by atoms with Crippen molar-refractivity contribution >= 4 is 28.4 Å². The molecule has 6 nitrogen and oxygen atoms in total. The number of carbonyl (C=O) groups is 1. The van der Waals surface area contributed by atoms with Crippen LogP contribution in [0.1, 0.15) is 17.2 Å². The van der Waals surface area contributed by atoms with Crippen molar-refractivity contribution in [2.75, 3.05) is 6.54 Å². The summed E-state index contributed by atoms with van der Waals surface area (Å²) in [6.45, 7) is 0.444. The number of hydrogen-bond acceptors (Lipinski definition) is 3. The molecule has 7 heteroatoms. The molecule has 0 aliphatic heterocycles. The lowest BCUT2D eigenvalue weighted by Crippen LogP contribution is -2.37. The second kappa shape index (κ2) is 8.98. The summed E-state index contributed by atoms with van der Waals surface area (Å²) in [7, 11) is 0. The van der Waals surface area contributed by atoms with Crippen LogP contribution in [0, 0.1) is 0 Å². The van der Waals surface area contributed by atoms with E-state index in [-0.39, 0.29) is 12.6 Å². The number of halogens is 1. The van der Waals surface area contributed by atoms with Gasteiger partial charge in [-0.2, -0.15) is 5.10 Å². The lowest BCUT2D eigenvalue weighted by Gasteiger charge is -2.13. The highest BCUT2D eigenvalue weighted by molar-refractivity contribution is 6.30. The average Bonchev–Trinajstić information content (AvgIpc) is 3.25. The SMILES string of the molecule is O=C(NCc1cnn(-c2ccc(Cl)cc2)c1)NCC(O)c1ccc2ccccc2c1. The van der Waals surface area contributed by atoms with Crippen molar-refractivity contribution in [3.8, 4) is 5.69 Å². The Balaban J connectivity index is 1.28. The van der Waals surface area contributed by atoms with Crippen LogP contribution in [0.4, 0.5) is 4.79 Å². The first kappa shape index (κ1) is 19.9. The normalized spacial score (nSPS) is 11.9. The number of amides is 2. The van der Waals surface area contributed by atoms with Gasteiger partial charge in [0, 0.05) is 29.9 Å². The lowest BCUT2D eigenvalue weighted by molar-refractivity contribution is 0.173. The van der Waals surface area contributed by atoms with E-state index in [0.29, 0.717) is 11.6 Å². The molecule has 4 aromatic rings. The molecule has 3 aromatic carbocycles. The number of aromatic nitrogens is 2. The minimum atomic E-state index is -0.784. The van der Waals surface area contributed by atoms with Crippen LogP contribution in [-0.4, -0.2) is 27.5 Å². The maximum absolute atomic E-state index is 12.1. The first-order valence-electron chi connectivity index (χ1n) is 9.56. The standard InChI is InChI=1S/C23H21ClN4O2/c24-20-7-9-21(10-8-20)28-15-16(13-27-28)12-25-23(30)26-14-22(29)19-6-5-17-3-1-2-4-18(17)11-19/h1-11,13,15,22,29H,12,14H2,(H2,25,26,30). The predicted octanol–water partition coefficient (Wildman–Crippen LogP) is 4.21. The fraction of sp³-hybridized carbons (Fsp3) is 0.130. The molecule has 1 atom stereocenters. The zero-order chi connectivity index (χ0) is 20.9. The summed E-state index contributed by atoms with van der Waals surface area (Å²) in [5.74, 6) is 0. The van der Waals surface area contributed by atoms with Crippen LogP contribution in [0.2, 0.25) is 5.02 Å². The van der Waals surface area contributed by atoms with Gasteiger partial charge in [-0.25, -0.2) is 9.48 Å². The van der Waals surface area contributed by atoms with E-state index < -0.39 is 6.10 Å². The Labute approximate surface area is 179 Å². The van der Waals surface area contributed by atoms with Gasteiger partial charge in [0.05, 0.1) is 18.0 Å². The minimum absolute atomic E-state index is 0.119. The maximum Gasteiger partial charge on any atom is 0.315 e. The molecule has 3 N–H and O–H groups in total. The van der Waals surface area contributed by atoms with Crippen molar-refractivity contribution in [2.24, 2.45) is 0 Å². The van der Waals surface area contributed by atoms with Crippen molar-refractivity contribution in [2.45, 2.75) is 12.6 Å². The number of hydrogen-bond donors (Lipinski definition) is 3. The summed E-state index contributed by atoms with van der Waals surface area (Å²) in [5, 5.41) is 23.0. The third-order valence-corrected chi connectivity index (χ3v) is 5.05. The summed E-state index contributed by atoms with van der Waals surface area (Å²) in [6, 6.07) is 20.7. The molecule has 4 rings (SSSR count). The van der Waals surface area contributed by atoms with E-state index in [0.717, 1.165) is 27.6 Å². The van der Waals surface area contributed by atoms with Crippen LogP contribution in [0.3, 0.4) is 0 Å². The molecule has 2 amide bonds. The van der Waals surface area contributed by atoms with Crippen LogP contribution in [0.15, 0.2) is 79.1 Å². The van der Waals surface area contributed by atoms with Gasteiger partial charge in [0.2, 0.25) is 0 Å². The molecule has 0 bridgehead atoms. The Kier molecular flexibility index (Phi) is 5.97. The number of urea groups is 1. The van der Waals surface area contributed by atoms with Crippen LogP contribution < -0.4 is 10.6 Å². The zero-order valence-electron chi connectivity index (χ0n) is 16.1. The highest BCUT2D eigenvalue weighted by Gasteiger charge is 2.10. The fourth-order valence-corrected chi connectivity index (χ4v) is 3.28. The second-order valence-electron chi connectivity index (χ2n) is 6.96. The number of carbonyl (C=O) groups excluding carboxylic acids is 1. The summed E-state index contributed by atoms with van der Waals surface area (Å²) in [6.07, 6.45) is 2.75. The molecule has 1 heterocycles. The van der Waals surface area contributed by atoms with Crippen molar-refractivity contribution in [3.05, 3.63) is 95.3 Å². The third-order valence-electron chi connectivity index (χ3n) is 4.79. The summed E-state index contributed by atoms with van der Waals surface area (Å²) in [4.78, 5) is 12.1. The number of fused-ring (bicyclic) bond motifs is 1. The molecule has 0 spiro atoms. The van der Waals surface area contributed by atoms with Gasteiger partial charge in [-0.3, -0.25) is 0 Å². The highest BCUT2D eigenvalue weighted by Crippen LogP contribution is 2.20. The Morgan fingerprint density at radius 1 is 1.03 bits per heavy atom. The Hall–Kier alpha value is -3.35. The molecule has 0 saturated carbocycles. The molecule has 152 valence electrons. The molecule has 0 radical (unpaired) electrons. The summed E-state index contributed by atoms with van der Waals surface area (Å²) < 4.78 is 1.72. The third kappa shape index (κ3) is 4.79. The molecule has 0 aliphatic rings. The average molecular weight is 421 g/mol. The van der Waals surface area contributed by atoms with Gasteiger partial charge >= 0.3 is 6.03 Å². The van der Waals surface area contributed by atoms with Gasteiger partial charge in [0.25, 0.3) is 0 Å². The molecule has 1 aromatic heterocycles. The molecule has 30 heavy (non-hydrogen) atoms. The number of aliphatic hydroxyl groups is 1. The topological polar surface area (TPSA) is 79.2 Å². The van der Waals surface area contributed by atoms with E-state index in [2.05, 4.69) is 15.7 Å². The summed E-state index contributed by atoms with van der Waals surface area (Å²) >= 11 is 5.90. The van der Waals surface area contributed by atoms with E-state index in [1.54, 1.807) is 23.0 Å². The summed E-state index contributed by atoms with van der Waals surface area (Å²) in [5.41, 5.74) is 2.50. The Morgan fingerprint density at radius 2 is 1.80 bits per heavy atom. The van der Waals surface area contributed by atoms with Crippen LogP contribution in [-0.2, 0) is 6.54 Å². The molecule has 0 saturated heterocycles. The first-order chi connectivity index (χ1) is 14.6. The van der Waals surface area contributed by atoms with Crippen LogP contribution in [0.5, 0.6) is 0 Å². The first-order valence-corrected chi connectivity index (χ1v) is 9.94. The van der Waals surface area contributed by atoms with Gasteiger partial charge in [0.1, 0.15) is 0 Å². The largest absolute Gasteiger partial charge is 0.387 e. The van der Waals surface area contributed by atoms with E-state index in [9.17, 15) is 9.90 Å². The van der Waals surface area contributed by atoms with Crippen molar-refractivity contribution in [1.82, 2.24) is 20.4 Å². The van der Waals surface area contributed by atoms with E-state index in [1.165, 1.54) is 0 Å². The molecular weight excluding hydrogens is 400 g/mol. The molecular formula is C23H21ClN4O2. The monoisotopic (exact) mass is 420 g/mol. The fourth-order valence-electron chi connectivity index (χ4n) is 3.15. The number of aliphatic hydroxyl groups excluding tert-OH is 1. The minimum Gasteiger partial charge on any atom is -0.387 e. The molecule has 0 aliphatic carbocycles. The van der Waals surface area contributed by atoms with Gasteiger partial charge in [-0.1, -0.05) is 48.0 Å². The van der Waals surface area contributed by atoms with Gasteiger partial charge < -0.3 is 15.7 Å². The van der Waals surface area contributed by atoms with E-state index in [4.69, 9.17) is 11.6 Å². The molecule has 1 unspecified atom stereocenters. The number of nitrogens with one attached hydrogen (secondary N) is 2. The smallest absolute Gasteiger partial charge is 0.315 e.